The summed E-state index contributed by atoms with van der Waals surface area (Å²) >= 11 is 0. The third kappa shape index (κ3) is 4.72. The lowest BCUT2D eigenvalue weighted by atomic mass is 10.1. The van der Waals surface area contributed by atoms with E-state index in [0.29, 0.717) is 35.3 Å². The average molecular weight is 462 g/mol. The van der Waals surface area contributed by atoms with E-state index in [4.69, 9.17) is 0 Å². The molecule has 3 N–H and O–H groups in total. The predicted octanol–water partition coefficient (Wildman–Crippen LogP) is 1.80. The molecule has 174 valence electrons. The predicted molar refractivity (Wildman–Crippen MR) is 113 cm³/mol. The van der Waals surface area contributed by atoms with E-state index >= 15 is 0 Å². The van der Waals surface area contributed by atoms with Gasteiger partial charge in [-0.25, -0.2) is 4.98 Å². The Morgan fingerprint density at radius 3 is 2.67 bits per heavy atom. The van der Waals surface area contributed by atoms with Crippen LogP contribution in [0.1, 0.15) is 22.5 Å². The molecule has 0 saturated carbocycles. The number of rotatable bonds is 6. The van der Waals surface area contributed by atoms with Gasteiger partial charge in [0.05, 0.1) is 25.0 Å². The number of nitrogens with zero attached hydrogens (tertiary/aromatic N) is 6. The van der Waals surface area contributed by atoms with Crippen molar-refractivity contribution < 1.29 is 23.1 Å². The van der Waals surface area contributed by atoms with Gasteiger partial charge in [-0.05, 0) is 18.6 Å². The molecular formula is C20H21F3N8O2. The smallest absolute Gasteiger partial charge is 0.394 e. The number of carbonyl (C=O) groups is 1. The number of anilines is 3. The standard InChI is InChI=1S/C20H21F3N8O2/c1-11-16-17(30(2)14(10-32)18(33)28-16)29-19(27-11)25-6-13-7-26-31(9-13)8-12-3-4-15(24-5-12)20(21,22)23/h3-5,7,9,14,32H,6,8,10H2,1-2H3,(H,28,33)(H,25,27,29)/t14-/m0/s1. The molecular weight excluding hydrogens is 441 g/mol. The Kier molecular flexibility index (Phi) is 5.89. The van der Waals surface area contributed by atoms with Gasteiger partial charge in [-0.2, -0.15) is 23.3 Å². The summed E-state index contributed by atoms with van der Waals surface area (Å²) in [5, 5.41) is 19.5. The number of fused-ring (bicyclic) bond motifs is 1. The first-order chi connectivity index (χ1) is 15.7. The molecule has 0 radical (unpaired) electrons. The Bertz CT molecular complexity index is 1160. The van der Waals surface area contributed by atoms with Gasteiger partial charge in [-0.3, -0.25) is 14.5 Å². The first-order valence-electron chi connectivity index (χ1n) is 9.96. The fourth-order valence-electron chi connectivity index (χ4n) is 3.41. The van der Waals surface area contributed by atoms with E-state index in [2.05, 4.69) is 30.7 Å². The van der Waals surface area contributed by atoms with E-state index in [9.17, 15) is 23.1 Å². The highest BCUT2D eigenvalue weighted by atomic mass is 19.4. The Morgan fingerprint density at radius 2 is 2.00 bits per heavy atom. The molecule has 1 amide bonds. The van der Waals surface area contributed by atoms with Crippen LogP contribution < -0.4 is 15.5 Å². The molecule has 1 aliphatic heterocycles. The van der Waals surface area contributed by atoms with Gasteiger partial charge in [-0.15, -0.1) is 0 Å². The summed E-state index contributed by atoms with van der Waals surface area (Å²) in [6, 6.07) is 1.57. The zero-order valence-electron chi connectivity index (χ0n) is 17.8. The van der Waals surface area contributed by atoms with Crippen LogP contribution in [0.15, 0.2) is 30.7 Å². The fraction of sp³-hybridized carbons (Fsp3) is 0.350. The number of likely N-dealkylation sites (N-methyl/N-ethyl adjacent to an activating group) is 1. The minimum absolute atomic E-state index is 0.270. The second-order valence-electron chi connectivity index (χ2n) is 7.58. The van der Waals surface area contributed by atoms with Gasteiger partial charge in [0.15, 0.2) is 5.82 Å². The SMILES string of the molecule is Cc1nc(NCc2cnn(Cc3ccc(C(F)(F)F)nc3)c2)nc2c1NC(=O)[C@H](CO)N2C. The van der Waals surface area contributed by atoms with E-state index in [1.54, 1.807) is 35.9 Å². The lowest BCUT2D eigenvalue weighted by Gasteiger charge is -2.33. The van der Waals surface area contributed by atoms with Crippen molar-refractivity contribution in [3.05, 3.63) is 53.2 Å². The van der Waals surface area contributed by atoms with Crippen molar-refractivity contribution >= 4 is 23.4 Å². The second-order valence-corrected chi connectivity index (χ2v) is 7.58. The monoisotopic (exact) mass is 462 g/mol. The first-order valence-corrected chi connectivity index (χ1v) is 9.96. The second kappa shape index (κ2) is 8.65. The molecule has 0 aliphatic carbocycles. The number of carbonyl (C=O) groups excluding carboxylic acids is 1. The summed E-state index contributed by atoms with van der Waals surface area (Å²) in [7, 11) is 1.68. The topological polar surface area (TPSA) is 121 Å². The molecule has 10 nitrogen and oxygen atoms in total. The molecule has 0 spiro atoms. The Morgan fingerprint density at radius 1 is 1.21 bits per heavy atom. The lowest BCUT2D eigenvalue weighted by molar-refractivity contribution is -0.141. The molecule has 0 bridgehead atoms. The summed E-state index contributed by atoms with van der Waals surface area (Å²) in [5.74, 6) is 0.510. The number of aliphatic hydroxyl groups excluding tert-OH is 1. The largest absolute Gasteiger partial charge is 0.433 e. The van der Waals surface area contributed by atoms with Crippen LogP contribution >= 0.6 is 0 Å². The minimum Gasteiger partial charge on any atom is -0.394 e. The van der Waals surface area contributed by atoms with Crippen molar-refractivity contribution in [2.45, 2.75) is 32.2 Å². The highest BCUT2D eigenvalue weighted by Crippen LogP contribution is 2.32. The maximum Gasteiger partial charge on any atom is 0.433 e. The number of aliphatic hydroxyl groups is 1. The fourth-order valence-corrected chi connectivity index (χ4v) is 3.41. The zero-order valence-corrected chi connectivity index (χ0v) is 17.8. The van der Waals surface area contributed by atoms with Crippen LogP contribution in [0.2, 0.25) is 0 Å². The van der Waals surface area contributed by atoms with Crippen molar-refractivity contribution in [3.8, 4) is 0 Å². The number of alkyl halides is 3. The van der Waals surface area contributed by atoms with E-state index in [1.165, 1.54) is 12.3 Å². The molecule has 3 aromatic rings. The van der Waals surface area contributed by atoms with Gasteiger partial charge in [-0.1, -0.05) is 6.07 Å². The molecule has 33 heavy (non-hydrogen) atoms. The van der Waals surface area contributed by atoms with Crippen molar-refractivity contribution in [2.24, 2.45) is 0 Å². The summed E-state index contributed by atoms with van der Waals surface area (Å²) in [4.78, 5) is 26.0. The van der Waals surface area contributed by atoms with Gasteiger partial charge in [0.2, 0.25) is 11.9 Å². The molecule has 3 aromatic heterocycles. The summed E-state index contributed by atoms with van der Waals surface area (Å²) in [5.41, 5.74) is 1.53. The lowest BCUT2D eigenvalue weighted by Crippen LogP contribution is -2.49. The van der Waals surface area contributed by atoms with Gasteiger partial charge in [0, 0.05) is 31.5 Å². The number of aryl methyl sites for hydroxylation is 1. The number of aromatic nitrogens is 5. The van der Waals surface area contributed by atoms with Crippen LogP contribution in [-0.4, -0.2) is 55.4 Å². The highest BCUT2D eigenvalue weighted by molar-refractivity contribution is 6.03. The van der Waals surface area contributed by atoms with Gasteiger partial charge < -0.3 is 20.6 Å². The van der Waals surface area contributed by atoms with Gasteiger partial charge in [0.1, 0.15) is 17.4 Å². The third-order valence-electron chi connectivity index (χ3n) is 5.19. The third-order valence-corrected chi connectivity index (χ3v) is 5.19. The Labute approximate surface area is 186 Å². The number of halogens is 3. The van der Waals surface area contributed by atoms with Crippen molar-refractivity contribution in [2.75, 3.05) is 29.2 Å². The number of hydrogen-bond acceptors (Lipinski definition) is 8. The summed E-state index contributed by atoms with van der Waals surface area (Å²) in [6.45, 7) is 2.02. The molecule has 13 heteroatoms. The summed E-state index contributed by atoms with van der Waals surface area (Å²) in [6.07, 6.45) is 0.0919. The van der Waals surface area contributed by atoms with Crippen LogP contribution in [-0.2, 0) is 24.1 Å². The highest BCUT2D eigenvalue weighted by Gasteiger charge is 2.33. The maximum atomic E-state index is 12.6. The van der Waals surface area contributed by atoms with Crippen LogP contribution in [0, 0.1) is 6.92 Å². The molecule has 4 rings (SSSR count). The Hall–Kier alpha value is -3.74. The van der Waals surface area contributed by atoms with E-state index in [0.717, 1.165) is 11.6 Å². The van der Waals surface area contributed by atoms with Crippen molar-refractivity contribution in [1.29, 1.82) is 0 Å². The molecule has 1 aliphatic rings. The van der Waals surface area contributed by atoms with Crippen LogP contribution in [0.4, 0.5) is 30.6 Å². The normalized spacial score (nSPS) is 15.9. The average Bonchev–Trinajstić information content (AvgIpc) is 3.20. The minimum atomic E-state index is -4.47. The zero-order chi connectivity index (χ0) is 23.8. The van der Waals surface area contributed by atoms with Gasteiger partial charge in [0.25, 0.3) is 0 Å². The molecule has 0 saturated heterocycles. The van der Waals surface area contributed by atoms with E-state index in [-0.39, 0.29) is 19.1 Å². The van der Waals surface area contributed by atoms with Crippen LogP contribution in [0.5, 0.6) is 0 Å². The maximum absolute atomic E-state index is 12.6. The quantitative estimate of drug-likeness (QED) is 0.507. The Balaban J connectivity index is 1.42. The molecule has 0 aromatic carbocycles. The van der Waals surface area contributed by atoms with Crippen molar-refractivity contribution in [1.82, 2.24) is 24.7 Å². The van der Waals surface area contributed by atoms with Crippen molar-refractivity contribution in [3.63, 3.8) is 0 Å². The molecule has 0 fully saturated rings. The molecule has 0 unspecified atom stereocenters. The van der Waals surface area contributed by atoms with E-state index < -0.39 is 17.9 Å². The number of nitrogens with one attached hydrogen (secondary N) is 2. The number of amides is 1. The molecule has 1 atom stereocenters. The summed E-state index contributed by atoms with van der Waals surface area (Å²) < 4.78 is 39.5. The van der Waals surface area contributed by atoms with Gasteiger partial charge >= 0.3 is 6.18 Å². The van der Waals surface area contributed by atoms with Crippen LogP contribution in [0.3, 0.4) is 0 Å². The first kappa shape index (κ1) is 22.5. The molecule has 4 heterocycles. The number of hydrogen-bond donors (Lipinski definition) is 3. The van der Waals surface area contributed by atoms with E-state index in [1.807, 2.05) is 0 Å². The van der Waals surface area contributed by atoms with Crippen LogP contribution in [0.25, 0.3) is 0 Å². The number of pyridine rings is 1.